The molecule has 0 aromatic carbocycles. The Morgan fingerprint density at radius 3 is 2.78 bits per heavy atom. The van der Waals surface area contributed by atoms with Crippen molar-refractivity contribution in [2.24, 2.45) is 0 Å². The van der Waals surface area contributed by atoms with E-state index < -0.39 is 11.6 Å². The predicted octanol–water partition coefficient (Wildman–Crippen LogP) is 2.73. The highest BCUT2D eigenvalue weighted by atomic mass is 32.1. The van der Waals surface area contributed by atoms with Crippen LogP contribution in [0.15, 0.2) is 10.5 Å². The lowest BCUT2D eigenvalue weighted by molar-refractivity contribution is 0.0584. The highest BCUT2D eigenvalue weighted by Gasteiger charge is 2.28. The van der Waals surface area contributed by atoms with Crippen molar-refractivity contribution < 1.29 is 14.3 Å². The van der Waals surface area contributed by atoms with Gasteiger partial charge in [0.2, 0.25) is 5.13 Å². The first-order valence-electron chi connectivity index (χ1n) is 7.49. The van der Waals surface area contributed by atoms with Crippen molar-refractivity contribution in [1.82, 2.24) is 15.5 Å². The second-order valence-electron chi connectivity index (χ2n) is 5.66. The van der Waals surface area contributed by atoms with Gasteiger partial charge in [-0.2, -0.15) is 0 Å². The molecule has 126 valence electrons. The molecule has 2 aromatic rings. The summed E-state index contributed by atoms with van der Waals surface area (Å²) in [6.07, 6.45) is 1.82. The summed E-state index contributed by atoms with van der Waals surface area (Å²) in [5.41, 5.74) is -0.551. The number of amides is 2. The van der Waals surface area contributed by atoms with E-state index >= 15 is 0 Å². The fraction of sp³-hybridized carbons (Fsp3) is 0.533. The van der Waals surface area contributed by atoms with E-state index in [1.54, 1.807) is 19.9 Å². The van der Waals surface area contributed by atoms with Gasteiger partial charge in [0.1, 0.15) is 22.1 Å². The number of nitrogens with zero attached hydrogens (tertiary/aromatic N) is 2. The van der Waals surface area contributed by atoms with Gasteiger partial charge in [0.25, 0.3) is 0 Å². The van der Waals surface area contributed by atoms with Crippen LogP contribution in [0.25, 0.3) is 0 Å². The SMILES string of the molecule is CCCc1nnc(NC(=O)NCC(C)(O)c2cc(C)oc2C)s1. The first-order valence-corrected chi connectivity index (χ1v) is 8.30. The van der Waals surface area contributed by atoms with Crippen LogP contribution in [0, 0.1) is 13.8 Å². The Morgan fingerprint density at radius 2 is 2.17 bits per heavy atom. The summed E-state index contributed by atoms with van der Waals surface area (Å²) in [4.78, 5) is 11.9. The van der Waals surface area contributed by atoms with Crippen LogP contribution in [-0.4, -0.2) is 27.9 Å². The van der Waals surface area contributed by atoms with Crippen molar-refractivity contribution in [2.75, 3.05) is 11.9 Å². The molecule has 8 heteroatoms. The first-order chi connectivity index (χ1) is 10.8. The first kappa shape index (κ1) is 17.4. The maximum Gasteiger partial charge on any atom is 0.321 e. The van der Waals surface area contributed by atoms with Gasteiger partial charge in [-0.1, -0.05) is 18.3 Å². The number of nitrogens with one attached hydrogen (secondary N) is 2. The maximum absolute atomic E-state index is 11.9. The van der Waals surface area contributed by atoms with Crippen LogP contribution >= 0.6 is 11.3 Å². The molecule has 0 aliphatic carbocycles. The number of aryl methyl sites for hydroxylation is 3. The topological polar surface area (TPSA) is 100 Å². The maximum atomic E-state index is 11.9. The van der Waals surface area contributed by atoms with Gasteiger partial charge in [-0.05, 0) is 33.3 Å². The molecule has 2 heterocycles. The van der Waals surface area contributed by atoms with Gasteiger partial charge in [0, 0.05) is 12.0 Å². The van der Waals surface area contributed by atoms with E-state index in [1.165, 1.54) is 11.3 Å². The van der Waals surface area contributed by atoms with Crippen LogP contribution in [0.1, 0.15) is 42.4 Å². The van der Waals surface area contributed by atoms with Crippen LogP contribution in [0.5, 0.6) is 0 Å². The lowest BCUT2D eigenvalue weighted by atomic mass is 9.96. The van der Waals surface area contributed by atoms with Crippen molar-refractivity contribution in [2.45, 2.75) is 46.1 Å². The summed E-state index contributed by atoms with van der Waals surface area (Å²) >= 11 is 1.35. The number of hydrogen-bond acceptors (Lipinski definition) is 6. The molecule has 0 aliphatic rings. The molecule has 0 spiro atoms. The quantitative estimate of drug-likeness (QED) is 0.752. The third-order valence-electron chi connectivity index (χ3n) is 3.37. The second-order valence-corrected chi connectivity index (χ2v) is 6.72. The number of carbonyl (C=O) groups excluding carboxylic acids is 1. The number of hydrogen-bond donors (Lipinski definition) is 3. The second kappa shape index (κ2) is 7.10. The number of aliphatic hydroxyl groups is 1. The zero-order valence-corrected chi connectivity index (χ0v) is 14.6. The van der Waals surface area contributed by atoms with Crippen LogP contribution in [-0.2, 0) is 12.0 Å². The van der Waals surface area contributed by atoms with E-state index in [0.29, 0.717) is 16.5 Å². The van der Waals surface area contributed by atoms with Gasteiger partial charge in [-0.15, -0.1) is 10.2 Å². The number of urea groups is 1. The monoisotopic (exact) mass is 338 g/mol. The van der Waals surface area contributed by atoms with Crippen molar-refractivity contribution in [1.29, 1.82) is 0 Å². The number of aromatic nitrogens is 2. The van der Waals surface area contributed by atoms with Crippen molar-refractivity contribution in [3.8, 4) is 0 Å². The summed E-state index contributed by atoms with van der Waals surface area (Å²) in [5.74, 6) is 1.36. The normalized spacial score (nSPS) is 13.6. The average molecular weight is 338 g/mol. The van der Waals surface area contributed by atoms with Gasteiger partial charge in [0.15, 0.2) is 0 Å². The number of anilines is 1. The Balaban J connectivity index is 1.91. The van der Waals surface area contributed by atoms with E-state index in [1.807, 2.05) is 6.92 Å². The van der Waals surface area contributed by atoms with Gasteiger partial charge in [-0.25, -0.2) is 4.79 Å². The largest absolute Gasteiger partial charge is 0.466 e. The fourth-order valence-electron chi connectivity index (χ4n) is 2.27. The minimum atomic E-state index is -1.21. The van der Waals surface area contributed by atoms with E-state index in [4.69, 9.17) is 4.42 Å². The number of rotatable bonds is 6. The number of furan rings is 1. The zero-order chi connectivity index (χ0) is 17.0. The molecule has 2 aromatic heterocycles. The lowest BCUT2D eigenvalue weighted by Gasteiger charge is -2.23. The van der Waals surface area contributed by atoms with E-state index in [2.05, 4.69) is 27.8 Å². The van der Waals surface area contributed by atoms with E-state index in [0.717, 1.165) is 23.6 Å². The van der Waals surface area contributed by atoms with Crippen molar-refractivity contribution in [3.05, 3.63) is 28.2 Å². The minimum Gasteiger partial charge on any atom is -0.466 e. The standard InChI is InChI=1S/C15H22N4O3S/c1-5-6-12-18-19-14(23-12)17-13(20)16-8-15(4,21)11-7-9(2)22-10(11)3/h7,21H,5-6,8H2,1-4H3,(H2,16,17,19,20). The summed E-state index contributed by atoms with van der Waals surface area (Å²) in [6, 6.07) is 1.35. The van der Waals surface area contributed by atoms with Crippen LogP contribution < -0.4 is 10.6 Å². The molecule has 7 nitrogen and oxygen atoms in total. The van der Waals surface area contributed by atoms with Crippen molar-refractivity contribution in [3.63, 3.8) is 0 Å². The Morgan fingerprint density at radius 1 is 1.43 bits per heavy atom. The van der Waals surface area contributed by atoms with Crippen LogP contribution in [0.3, 0.4) is 0 Å². The molecule has 0 aliphatic heterocycles. The van der Waals surface area contributed by atoms with Gasteiger partial charge in [-0.3, -0.25) is 5.32 Å². The van der Waals surface area contributed by atoms with Gasteiger partial charge >= 0.3 is 6.03 Å². The molecule has 2 amide bonds. The summed E-state index contributed by atoms with van der Waals surface area (Å²) in [7, 11) is 0. The highest BCUT2D eigenvalue weighted by molar-refractivity contribution is 7.15. The average Bonchev–Trinajstić information content (AvgIpc) is 3.04. The number of carbonyl (C=O) groups is 1. The molecule has 23 heavy (non-hydrogen) atoms. The van der Waals surface area contributed by atoms with E-state index in [-0.39, 0.29) is 6.54 Å². The molecule has 0 saturated heterocycles. The summed E-state index contributed by atoms with van der Waals surface area (Å²) in [5, 5.41) is 25.1. The molecule has 0 saturated carbocycles. The third kappa shape index (κ3) is 4.52. The predicted molar refractivity (Wildman–Crippen MR) is 88.7 cm³/mol. The highest BCUT2D eigenvalue weighted by Crippen LogP contribution is 2.26. The molecule has 0 fully saturated rings. The summed E-state index contributed by atoms with van der Waals surface area (Å²) < 4.78 is 5.42. The third-order valence-corrected chi connectivity index (χ3v) is 4.26. The van der Waals surface area contributed by atoms with Gasteiger partial charge in [0.05, 0.1) is 6.54 Å². The molecule has 1 atom stereocenters. The molecule has 3 N–H and O–H groups in total. The molecule has 1 unspecified atom stereocenters. The Labute approximate surface area is 139 Å². The Bertz CT molecular complexity index is 678. The molecule has 0 radical (unpaired) electrons. The van der Waals surface area contributed by atoms with Crippen LogP contribution in [0.2, 0.25) is 0 Å². The fourth-order valence-corrected chi connectivity index (χ4v) is 3.11. The molecule has 2 rings (SSSR count). The molecular weight excluding hydrogens is 316 g/mol. The zero-order valence-electron chi connectivity index (χ0n) is 13.8. The smallest absolute Gasteiger partial charge is 0.321 e. The van der Waals surface area contributed by atoms with Gasteiger partial charge < -0.3 is 14.8 Å². The van der Waals surface area contributed by atoms with Crippen LogP contribution in [0.4, 0.5) is 9.93 Å². The summed E-state index contributed by atoms with van der Waals surface area (Å²) in [6.45, 7) is 7.35. The Kier molecular flexibility index (Phi) is 5.38. The van der Waals surface area contributed by atoms with E-state index in [9.17, 15) is 9.90 Å². The Hall–Kier alpha value is -1.93. The lowest BCUT2D eigenvalue weighted by Crippen LogP contribution is -2.40. The van der Waals surface area contributed by atoms with Crippen molar-refractivity contribution >= 4 is 22.5 Å². The molecule has 0 bridgehead atoms. The molecular formula is C15H22N4O3S. The minimum absolute atomic E-state index is 0.0548.